The lowest BCUT2D eigenvalue weighted by Gasteiger charge is -2.26. The maximum atomic E-state index is 11.1. The van der Waals surface area contributed by atoms with Crippen LogP contribution in [-0.4, -0.2) is 60.4 Å². The van der Waals surface area contributed by atoms with Crippen LogP contribution in [0.25, 0.3) is 0 Å². The Hall–Kier alpha value is -0.850. The molecule has 0 aromatic rings. The largest absolute Gasteiger partial charge is 0.550 e. The summed E-state index contributed by atoms with van der Waals surface area (Å²) in [6, 6.07) is 0. The number of hydrogen-bond donors (Lipinski definition) is 2. The van der Waals surface area contributed by atoms with Crippen LogP contribution in [0.1, 0.15) is 97.3 Å². The van der Waals surface area contributed by atoms with Gasteiger partial charge in [0, 0.05) is 12.4 Å². The molecule has 0 fully saturated rings. The molecule has 0 spiro atoms. The Bertz CT molecular complexity index is 413. The molecule has 0 heterocycles. The number of likely N-dealkylation sites (N-methyl/N-ethyl adjacent to an activating group) is 1. The van der Waals surface area contributed by atoms with Gasteiger partial charge in [0.1, 0.15) is 12.6 Å². The van der Waals surface area contributed by atoms with Crippen molar-refractivity contribution in [2.24, 2.45) is 5.92 Å². The van der Waals surface area contributed by atoms with Gasteiger partial charge in [-0.25, -0.2) is 0 Å². The molecule has 0 aliphatic heterocycles. The van der Waals surface area contributed by atoms with Gasteiger partial charge in [-0.3, -0.25) is 4.79 Å². The Labute approximate surface area is 191 Å². The van der Waals surface area contributed by atoms with Crippen LogP contribution in [0.2, 0.25) is 0 Å². The maximum absolute atomic E-state index is 11.1. The lowest BCUT2D eigenvalue weighted by atomic mass is 9.94. The Morgan fingerprint density at radius 2 is 1.23 bits per heavy atom. The number of rotatable bonds is 17. The van der Waals surface area contributed by atoms with Gasteiger partial charge in [0.2, 0.25) is 0 Å². The summed E-state index contributed by atoms with van der Waals surface area (Å²) in [5.74, 6) is -1.88. The molecule has 7 heteroatoms. The van der Waals surface area contributed by atoms with E-state index in [-0.39, 0.29) is 24.7 Å². The average molecular weight is 454 g/mol. The van der Waals surface area contributed by atoms with E-state index in [1.165, 1.54) is 51.4 Å². The molecule has 0 amide bonds. The number of halogens is 1. The zero-order valence-electron chi connectivity index (χ0n) is 20.0. The number of aliphatic hydroxyl groups excluding tert-OH is 1. The number of carboxylic acids is 2. The number of hydrogen-bond acceptors (Lipinski definition) is 4. The van der Waals surface area contributed by atoms with Gasteiger partial charge in [0.25, 0.3) is 0 Å². The third-order valence-electron chi connectivity index (χ3n) is 4.82. The van der Waals surface area contributed by atoms with Crippen molar-refractivity contribution in [2.45, 2.75) is 103 Å². The van der Waals surface area contributed by atoms with Gasteiger partial charge in [0.05, 0.1) is 27.1 Å². The molecule has 6 nitrogen and oxygen atoms in total. The minimum atomic E-state index is -1.20. The summed E-state index contributed by atoms with van der Waals surface area (Å²) in [4.78, 5) is 21.1. The van der Waals surface area contributed by atoms with E-state index in [1.807, 2.05) is 21.1 Å². The van der Waals surface area contributed by atoms with E-state index in [2.05, 4.69) is 13.8 Å². The van der Waals surface area contributed by atoms with E-state index in [1.54, 1.807) is 0 Å². The molecule has 2 atom stereocenters. The Morgan fingerprint density at radius 3 is 1.60 bits per heavy atom. The topological polar surface area (TPSA) is 97.7 Å². The number of carbonyl (C=O) groups excluding carboxylic acids is 1. The summed E-state index contributed by atoms with van der Waals surface area (Å²) >= 11 is 0. The van der Waals surface area contributed by atoms with Crippen LogP contribution in [-0.2, 0) is 9.59 Å². The lowest BCUT2D eigenvalue weighted by Crippen LogP contribution is -2.43. The first-order chi connectivity index (χ1) is 13.5. The number of carbonyl (C=O) groups is 2. The Kier molecular flexibility index (Phi) is 24.1. The third-order valence-corrected chi connectivity index (χ3v) is 4.82. The predicted octanol–water partition coefficient (Wildman–Crippen LogP) is 4.02. The number of nitrogens with zero attached hydrogens (tertiary/aromatic N) is 1. The summed E-state index contributed by atoms with van der Waals surface area (Å²) in [5.41, 5.74) is 0. The monoisotopic (exact) mass is 453 g/mol. The molecular formula is C23H48ClNO5. The highest BCUT2D eigenvalue weighted by Gasteiger charge is 2.16. The van der Waals surface area contributed by atoms with Gasteiger partial charge in [-0.1, -0.05) is 78.1 Å². The van der Waals surface area contributed by atoms with Gasteiger partial charge in [-0.05, 0) is 12.8 Å². The molecule has 0 aliphatic rings. The molecule has 0 aliphatic carbocycles. The van der Waals surface area contributed by atoms with Crippen molar-refractivity contribution in [3.05, 3.63) is 0 Å². The van der Waals surface area contributed by atoms with E-state index in [4.69, 9.17) is 5.11 Å². The number of aliphatic carboxylic acids is 2. The summed E-state index contributed by atoms with van der Waals surface area (Å²) < 4.78 is 0.550. The highest BCUT2D eigenvalue weighted by molar-refractivity contribution is 5.85. The van der Waals surface area contributed by atoms with E-state index in [0.717, 1.165) is 25.7 Å². The van der Waals surface area contributed by atoms with Crippen LogP contribution < -0.4 is 5.11 Å². The molecule has 0 bridgehead atoms. The normalized spacial score (nSPS) is 12.9. The van der Waals surface area contributed by atoms with Crippen molar-refractivity contribution in [2.75, 3.05) is 27.7 Å². The second-order valence-electron chi connectivity index (χ2n) is 9.14. The highest BCUT2D eigenvalue weighted by atomic mass is 35.5. The van der Waals surface area contributed by atoms with Crippen molar-refractivity contribution in [3.63, 3.8) is 0 Å². The summed E-state index contributed by atoms with van der Waals surface area (Å²) in [6.07, 6.45) is 12.9. The molecule has 0 aromatic heterocycles. The van der Waals surface area contributed by atoms with Crippen molar-refractivity contribution in [1.82, 2.24) is 0 Å². The second kappa shape index (κ2) is 21.4. The molecule has 182 valence electrons. The smallest absolute Gasteiger partial charge is 0.306 e. The first-order valence-electron chi connectivity index (χ1n) is 11.4. The summed E-state index contributed by atoms with van der Waals surface area (Å²) in [5, 5.41) is 28.3. The number of unbranched alkanes of at least 4 members (excludes halogenated alkanes) is 8. The maximum Gasteiger partial charge on any atom is 0.306 e. The van der Waals surface area contributed by atoms with E-state index < -0.39 is 18.0 Å². The van der Waals surface area contributed by atoms with E-state index in [0.29, 0.717) is 11.0 Å². The molecule has 0 saturated carbocycles. The molecule has 0 radical (unpaired) electrons. The summed E-state index contributed by atoms with van der Waals surface area (Å²) in [6.45, 7) is 4.83. The Balaban J connectivity index is -0.000000525. The molecule has 0 saturated heterocycles. The van der Waals surface area contributed by atoms with E-state index in [9.17, 15) is 19.8 Å². The number of quaternary nitrogens is 1. The Morgan fingerprint density at radius 1 is 0.833 bits per heavy atom. The van der Waals surface area contributed by atoms with E-state index >= 15 is 0 Å². The number of carboxylic acid groups (broad SMARTS) is 2. The fourth-order valence-corrected chi connectivity index (χ4v) is 3.27. The quantitative estimate of drug-likeness (QED) is 0.256. The fraction of sp³-hybridized carbons (Fsp3) is 0.913. The summed E-state index contributed by atoms with van der Waals surface area (Å²) in [7, 11) is 5.66. The zero-order valence-corrected chi connectivity index (χ0v) is 20.8. The molecule has 0 rings (SSSR count). The van der Waals surface area contributed by atoms with Gasteiger partial charge in [-0.2, -0.15) is 0 Å². The lowest BCUT2D eigenvalue weighted by molar-refractivity contribution is -0.873. The first-order valence-corrected chi connectivity index (χ1v) is 11.4. The fourth-order valence-electron chi connectivity index (χ4n) is 3.27. The van der Waals surface area contributed by atoms with Gasteiger partial charge < -0.3 is 24.6 Å². The molecule has 2 unspecified atom stereocenters. The molecule has 30 heavy (non-hydrogen) atoms. The van der Waals surface area contributed by atoms with Crippen LogP contribution in [0.5, 0.6) is 0 Å². The van der Waals surface area contributed by atoms with Crippen LogP contribution in [0.15, 0.2) is 0 Å². The van der Waals surface area contributed by atoms with Crippen molar-refractivity contribution in [1.29, 1.82) is 0 Å². The second-order valence-corrected chi connectivity index (χ2v) is 9.14. The SMILES string of the molecule is CCCCCCCCC(CCCCCC)C(=O)O.C[N+](C)(C)CC(O)CC(=O)[O-].Cl. The minimum absolute atomic E-state index is 0. The van der Waals surface area contributed by atoms with Crippen LogP contribution in [0, 0.1) is 5.92 Å². The molecule has 0 aromatic carbocycles. The first kappa shape index (κ1) is 33.8. The van der Waals surface area contributed by atoms with Gasteiger partial charge >= 0.3 is 5.97 Å². The van der Waals surface area contributed by atoms with Crippen molar-refractivity contribution >= 4 is 24.3 Å². The molecular weight excluding hydrogens is 406 g/mol. The standard InChI is InChI=1S/C16H32O2.C7H15NO3.ClH/c1-3-5-7-9-10-12-14-15(16(17)18)13-11-8-6-4-2;1-8(2,3)5-6(9)4-7(10)11;/h15H,3-14H2,1-2H3,(H,17,18);6,9H,4-5H2,1-3H3;1H. The third kappa shape index (κ3) is 27.1. The zero-order chi connectivity index (χ0) is 22.7. The highest BCUT2D eigenvalue weighted by Crippen LogP contribution is 2.19. The number of aliphatic hydroxyl groups is 1. The minimum Gasteiger partial charge on any atom is -0.550 e. The van der Waals surface area contributed by atoms with Crippen molar-refractivity contribution < 1.29 is 29.4 Å². The average Bonchev–Trinajstić information content (AvgIpc) is 2.57. The molecule has 2 N–H and O–H groups in total. The van der Waals surface area contributed by atoms with Crippen LogP contribution >= 0.6 is 12.4 Å². The van der Waals surface area contributed by atoms with Gasteiger partial charge in [-0.15, -0.1) is 12.4 Å². The van der Waals surface area contributed by atoms with Gasteiger partial charge in [0.15, 0.2) is 0 Å². The predicted molar refractivity (Wildman–Crippen MR) is 124 cm³/mol. The van der Waals surface area contributed by atoms with Crippen molar-refractivity contribution in [3.8, 4) is 0 Å². The van der Waals surface area contributed by atoms with Crippen LogP contribution in [0.3, 0.4) is 0 Å². The van der Waals surface area contributed by atoms with Crippen LogP contribution in [0.4, 0.5) is 0 Å².